The van der Waals surface area contributed by atoms with Gasteiger partial charge in [-0.2, -0.15) is 0 Å². The number of hydrogen-bond acceptors (Lipinski definition) is 2. The third-order valence-corrected chi connectivity index (χ3v) is 4.79. The van der Waals surface area contributed by atoms with Crippen LogP contribution in [-0.4, -0.2) is 29.1 Å². The van der Waals surface area contributed by atoms with E-state index in [0.717, 1.165) is 36.8 Å². The predicted molar refractivity (Wildman–Crippen MR) is 83.7 cm³/mol. The quantitative estimate of drug-likeness (QED) is 0.878. The van der Waals surface area contributed by atoms with E-state index < -0.39 is 5.97 Å². The summed E-state index contributed by atoms with van der Waals surface area (Å²) >= 11 is 3.52. The molecule has 3 nitrogen and oxygen atoms in total. The number of halogens is 1. The number of aliphatic carboxylic acids is 1. The minimum absolute atomic E-state index is 0.311. The standard InChI is InChI=1S/C16H22BrNO2/c1-12(14-3-2-4-15(17)11-14)18-9-7-13(8-10-18)5-6-16(19)20/h2-4,11-13H,5-10H2,1H3,(H,19,20). The first-order chi connectivity index (χ1) is 9.56. The summed E-state index contributed by atoms with van der Waals surface area (Å²) in [5, 5.41) is 8.74. The SMILES string of the molecule is CC(c1cccc(Br)c1)N1CCC(CCC(=O)O)CC1. The van der Waals surface area contributed by atoms with Crippen molar-refractivity contribution in [3.8, 4) is 0 Å². The highest BCUT2D eigenvalue weighted by atomic mass is 79.9. The lowest BCUT2D eigenvalue weighted by atomic mass is 9.91. The third-order valence-electron chi connectivity index (χ3n) is 4.29. The van der Waals surface area contributed by atoms with E-state index in [0.29, 0.717) is 18.4 Å². The van der Waals surface area contributed by atoms with Crippen LogP contribution in [-0.2, 0) is 4.79 Å². The van der Waals surface area contributed by atoms with Gasteiger partial charge in [-0.3, -0.25) is 9.69 Å². The summed E-state index contributed by atoms with van der Waals surface area (Å²) in [6.45, 7) is 4.38. The molecule has 110 valence electrons. The van der Waals surface area contributed by atoms with Crippen molar-refractivity contribution in [3.05, 3.63) is 34.3 Å². The molecule has 1 unspecified atom stereocenters. The lowest BCUT2D eigenvalue weighted by Gasteiger charge is -2.36. The fraction of sp³-hybridized carbons (Fsp3) is 0.562. The Morgan fingerprint density at radius 3 is 2.75 bits per heavy atom. The monoisotopic (exact) mass is 339 g/mol. The predicted octanol–water partition coefficient (Wildman–Crippen LogP) is 4.09. The Balaban J connectivity index is 1.85. The Hall–Kier alpha value is -0.870. The summed E-state index contributed by atoms with van der Waals surface area (Å²) in [5.74, 6) is -0.0907. The molecule has 0 bridgehead atoms. The van der Waals surface area contributed by atoms with Crippen LogP contribution in [0.1, 0.15) is 44.2 Å². The minimum atomic E-state index is -0.671. The molecule has 1 aliphatic heterocycles. The van der Waals surface area contributed by atoms with Gasteiger partial charge in [-0.1, -0.05) is 28.1 Å². The Labute approximate surface area is 129 Å². The van der Waals surface area contributed by atoms with E-state index in [1.807, 2.05) is 6.07 Å². The fourth-order valence-electron chi connectivity index (χ4n) is 2.93. The maximum Gasteiger partial charge on any atom is 0.303 e. The number of carboxylic acids is 1. The molecule has 1 fully saturated rings. The van der Waals surface area contributed by atoms with Gasteiger partial charge in [-0.15, -0.1) is 0 Å². The average Bonchev–Trinajstić information content (AvgIpc) is 2.45. The smallest absolute Gasteiger partial charge is 0.303 e. The topological polar surface area (TPSA) is 40.5 Å². The number of hydrogen-bond donors (Lipinski definition) is 1. The number of piperidine rings is 1. The van der Waals surface area contributed by atoms with E-state index in [2.05, 4.69) is 46.0 Å². The molecule has 1 saturated heterocycles. The van der Waals surface area contributed by atoms with Crippen LogP contribution in [0.2, 0.25) is 0 Å². The first kappa shape index (κ1) is 15.5. The molecule has 0 spiro atoms. The van der Waals surface area contributed by atoms with Gasteiger partial charge in [0.1, 0.15) is 0 Å². The van der Waals surface area contributed by atoms with Crippen LogP contribution in [0.4, 0.5) is 0 Å². The van der Waals surface area contributed by atoms with Crippen molar-refractivity contribution in [1.82, 2.24) is 4.90 Å². The van der Waals surface area contributed by atoms with Gasteiger partial charge in [-0.05, 0) is 62.9 Å². The molecule has 0 aromatic heterocycles. The second-order valence-electron chi connectivity index (χ2n) is 5.64. The maximum absolute atomic E-state index is 10.6. The highest BCUT2D eigenvalue weighted by molar-refractivity contribution is 9.10. The van der Waals surface area contributed by atoms with Crippen molar-refractivity contribution in [2.24, 2.45) is 5.92 Å². The highest BCUT2D eigenvalue weighted by Gasteiger charge is 2.23. The first-order valence-electron chi connectivity index (χ1n) is 7.27. The van der Waals surface area contributed by atoms with Gasteiger partial charge >= 0.3 is 5.97 Å². The molecular weight excluding hydrogens is 318 g/mol. The van der Waals surface area contributed by atoms with Crippen molar-refractivity contribution in [3.63, 3.8) is 0 Å². The molecule has 20 heavy (non-hydrogen) atoms. The molecule has 1 aromatic carbocycles. The van der Waals surface area contributed by atoms with Gasteiger partial charge in [-0.25, -0.2) is 0 Å². The second-order valence-corrected chi connectivity index (χ2v) is 6.56. The molecule has 2 rings (SSSR count). The van der Waals surface area contributed by atoms with E-state index in [4.69, 9.17) is 5.11 Å². The van der Waals surface area contributed by atoms with E-state index in [9.17, 15) is 4.79 Å². The van der Waals surface area contributed by atoms with Crippen LogP contribution in [0.15, 0.2) is 28.7 Å². The molecule has 0 amide bonds. The van der Waals surface area contributed by atoms with Crippen LogP contribution >= 0.6 is 15.9 Å². The molecule has 4 heteroatoms. The molecule has 1 N–H and O–H groups in total. The van der Waals surface area contributed by atoms with E-state index in [1.54, 1.807) is 0 Å². The van der Waals surface area contributed by atoms with Crippen LogP contribution in [0.5, 0.6) is 0 Å². The van der Waals surface area contributed by atoms with Gasteiger partial charge in [0, 0.05) is 16.9 Å². The first-order valence-corrected chi connectivity index (χ1v) is 8.07. The number of likely N-dealkylation sites (tertiary alicyclic amines) is 1. The van der Waals surface area contributed by atoms with E-state index in [1.165, 1.54) is 5.56 Å². The Morgan fingerprint density at radius 1 is 1.45 bits per heavy atom. The van der Waals surface area contributed by atoms with Gasteiger partial charge in [0.2, 0.25) is 0 Å². The van der Waals surface area contributed by atoms with Crippen molar-refractivity contribution in [2.45, 2.75) is 38.6 Å². The van der Waals surface area contributed by atoms with Gasteiger partial charge in [0.05, 0.1) is 0 Å². The third kappa shape index (κ3) is 4.32. The summed E-state index contributed by atoms with van der Waals surface area (Å²) in [6.07, 6.45) is 3.37. The summed E-state index contributed by atoms with van der Waals surface area (Å²) < 4.78 is 1.12. The number of nitrogens with zero attached hydrogens (tertiary/aromatic N) is 1. The molecule has 1 aromatic rings. The molecular formula is C16H22BrNO2. The second kappa shape index (κ2) is 7.23. The Bertz CT molecular complexity index is 456. The molecule has 0 radical (unpaired) electrons. The van der Waals surface area contributed by atoms with Gasteiger partial charge in [0.25, 0.3) is 0 Å². The molecule has 1 aliphatic rings. The summed E-state index contributed by atoms with van der Waals surface area (Å²) in [4.78, 5) is 13.1. The fourth-order valence-corrected chi connectivity index (χ4v) is 3.35. The van der Waals surface area contributed by atoms with Crippen LogP contribution in [0.3, 0.4) is 0 Å². The van der Waals surface area contributed by atoms with E-state index >= 15 is 0 Å². The van der Waals surface area contributed by atoms with Crippen molar-refractivity contribution < 1.29 is 9.90 Å². The van der Waals surface area contributed by atoms with Crippen molar-refractivity contribution >= 4 is 21.9 Å². The van der Waals surface area contributed by atoms with Crippen LogP contribution in [0.25, 0.3) is 0 Å². The zero-order chi connectivity index (χ0) is 14.5. The number of rotatable bonds is 5. The average molecular weight is 340 g/mol. The van der Waals surface area contributed by atoms with Crippen LogP contribution < -0.4 is 0 Å². The number of carbonyl (C=O) groups is 1. The molecule has 0 saturated carbocycles. The molecule has 1 heterocycles. The molecule has 0 aliphatic carbocycles. The lowest BCUT2D eigenvalue weighted by molar-refractivity contribution is -0.137. The highest BCUT2D eigenvalue weighted by Crippen LogP contribution is 2.29. The minimum Gasteiger partial charge on any atom is -0.481 e. The maximum atomic E-state index is 10.6. The van der Waals surface area contributed by atoms with Gasteiger partial charge < -0.3 is 5.11 Å². The number of benzene rings is 1. The molecule has 1 atom stereocenters. The lowest BCUT2D eigenvalue weighted by Crippen LogP contribution is -2.35. The normalized spacial score (nSPS) is 18.9. The number of carboxylic acid groups (broad SMARTS) is 1. The summed E-state index contributed by atoms with van der Waals surface area (Å²) in [6, 6.07) is 8.91. The summed E-state index contributed by atoms with van der Waals surface area (Å²) in [7, 11) is 0. The zero-order valence-corrected chi connectivity index (χ0v) is 13.5. The summed E-state index contributed by atoms with van der Waals surface area (Å²) in [5.41, 5.74) is 1.34. The largest absolute Gasteiger partial charge is 0.481 e. The van der Waals surface area contributed by atoms with Crippen LogP contribution in [0, 0.1) is 5.92 Å². The Kier molecular flexibility index (Phi) is 5.61. The van der Waals surface area contributed by atoms with Gasteiger partial charge in [0.15, 0.2) is 0 Å². The van der Waals surface area contributed by atoms with Crippen molar-refractivity contribution in [1.29, 1.82) is 0 Å². The van der Waals surface area contributed by atoms with Crippen molar-refractivity contribution in [2.75, 3.05) is 13.1 Å². The van der Waals surface area contributed by atoms with E-state index in [-0.39, 0.29) is 0 Å². The Morgan fingerprint density at radius 2 is 2.15 bits per heavy atom. The zero-order valence-electron chi connectivity index (χ0n) is 11.9.